The number of halogens is 1. The molecule has 0 aliphatic carbocycles. The van der Waals surface area contributed by atoms with Crippen LogP contribution in [0.25, 0.3) is 10.8 Å². The Bertz CT molecular complexity index is 1290. The Balaban J connectivity index is 1.50. The third kappa shape index (κ3) is 6.02. The van der Waals surface area contributed by atoms with E-state index in [9.17, 15) is 4.79 Å². The minimum absolute atomic E-state index is 0.296. The van der Waals surface area contributed by atoms with Crippen LogP contribution < -0.4 is 14.9 Å². The molecule has 0 saturated heterocycles. The Hall–Kier alpha value is -3.64. The second-order valence-corrected chi connectivity index (χ2v) is 8.60. The molecular formula is C28H25BrN2O3. The van der Waals surface area contributed by atoms with Crippen molar-refractivity contribution in [3.8, 4) is 11.5 Å². The molecule has 0 aliphatic rings. The third-order valence-electron chi connectivity index (χ3n) is 5.19. The molecular weight excluding hydrogens is 492 g/mol. The zero-order valence-electron chi connectivity index (χ0n) is 18.8. The molecule has 5 nitrogen and oxygen atoms in total. The van der Waals surface area contributed by atoms with Gasteiger partial charge < -0.3 is 9.47 Å². The van der Waals surface area contributed by atoms with Gasteiger partial charge in [-0.15, -0.1) is 0 Å². The first-order chi connectivity index (χ1) is 16.6. The van der Waals surface area contributed by atoms with Crippen molar-refractivity contribution < 1.29 is 14.3 Å². The molecule has 0 fully saturated rings. The van der Waals surface area contributed by atoms with Crippen LogP contribution in [0, 0.1) is 0 Å². The van der Waals surface area contributed by atoms with Gasteiger partial charge in [-0.2, -0.15) is 5.10 Å². The minimum Gasteiger partial charge on any atom is -0.494 e. The summed E-state index contributed by atoms with van der Waals surface area (Å²) in [5.41, 5.74) is 4.98. The van der Waals surface area contributed by atoms with Crippen LogP contribution in [0.1, 0.15) is 34.8 Å². The Labute approximate surface area is 207 Å². The summed E-state index contributed by atoms with van der Waals surface area (Å²) in [5.74, 6) is 1.14. The van der Waals surface area contributed by atoms with Gasteiger partial charge in [0.25, 0.3) is 5.91 Å². The molecule has 0 spiro atoms. The molecule has 4 aromatic carbocycles. The molecule has 34 heavy (non-hydrogen) atoms. The van der Waals surface area contributed by atoms with Crippen molar-refractivity contribution >= 4 is 38.8 Å². The maximum absolute atomic E-state index is 12.5. The van der Waals surface area contributed by atoms with E-state index in [2.05, 4.69) is 26.5 Å². The van der Waals surface area contributed by atoms with Crippen molar-refractivity contribution in [2.24, 2.45) is 5.10 Å². The molecule has 1 N–H and O–H groups in total. The monoisotopic (exact) mass is 516 g/mol. The average Bonchev–Trinajstić information content (AvgIpc) is 2.88. The number of ether oxygens (including phenoxy) is 2. The number of carbonyl (C=O) groups excluding carboxylic acids is 1. The average molecular weight is 517 g/mol. The van der Waals surface area contributed by atoms with Gasteiger partial charge in [0.2, 0.25) is 0 Å². The second-order valence-electron chi connectivity index (χ2n) is 7.69. The van der Waals surface area contributed by atoms with Gasteiger partial charge in [0, 0.05) is 15.6 Å². The lowest BCUT2D eigenvalue weighted by Crippen LogP contribution is -2.17. The van der Waals surface area contributed by atoms with Gasteiger partial charge >= 0.3 is 0 Å². The summed E-state index contributed by atoms with van der Waals surface area (Å²) < 4.78 is 12.7. The fraction of sp³-hybridized carbons (Fsp3) is 0.143. The predicted molar refractivity (Wildman–Crippen MR) is 140 cm³/mol. The quantitative estimate of drug-likeness (QED) is 0.198. The number of nitrogens with one attached hydrogen (secondary N) is 1. The number of carbonyl (C=O) groups is 1. The van der Waals surface area contributed by atoms with Crippen molar-refractivity contribution in [3.05, 3.63) is 106 Å². The number of nitrogens with zero attached hydrogens (tertiary/aromatic N) is 1. The van der Waals surface area contributed by atoms with Crippen LogP contribution in [0.3, 0.4) is 0 Å². The highest BCUT2D eigenvalue weighted by Crippen LogP contribution is 2.27. The molecule has 0 atom stereocenters. The van der Waals surface area contributed by atoms with E-state index in [1.54, 1.807) is 30.5 Å². The summed E-state index contributed by atoms with van der Waals surface area (Å²) in [5, 5.41) is 6.28. The summed E-state index contributed by atoms with van der Waals surface area (Å²) in [6, 6.07) is 27.0. The van der Waals surface area contributed by atoms with E-state index in [0.29, 0.717) is 24.5 Å². The van der Waals surface area contributed by atoms with Gasteiger partial charge in [-0.1, -0.05) is 65.3 Å². The number of rotatable bonds is 9. The first kappa shape index (κ1) is 23.5. The normalized spacial score (nSPS) is 11.0. The molecule has 0 bridgehead atoms. The summed E-state index contributed by atoms with van der Waals surface area (Å²) >= 11 is 3.45. The molecule has 1 amide bonds. The van der Waals surface area contributed by atoms with Gasteiger partial charge in [0.15, 0.2) is 0 Å². The maximum Gasteiger partial charge on any atom is 0.271 e. The highest BCUT2D eigenvalue weighted by atomic mass is 79.9. The standard InChI is InChI=1S/C28H25BrN2O3/c1-2-17-33-24-14-9-22(10-15-24)28(32)31-30-18-26-25-6-4-3-5-21(25)11-16-27(26)34-19-20-7-12-23(29)13-8-20/h3-16,18H,2,17,19H2,1H3,(H,31,32)/b30-18-. The van der Waals surface area contributed by atoms with E-state index in [4.69, 9.17) is 9.47 Å². The lowest BCUT2D eigenvalue weighted by atomic mass is 10.0. The largest absolute Gasteiger partial charge is 0.494 e. The molecule has 6 heteroatoms. The van der Waals surface area contributed by atoms with Crippen molar-refractivity contribution in [2.75, 3.05) is 6.61 Å². The van der Waals surface area contributed by atoms with Gasteiger partial charge in [0.05, 0.1) is 12.8 Å². The molecule has 0 aliphatic heterocycles. The molecule has 4 rings (SSSR count). The van der Waals surface area contributed by atoms with E-state index in [1.807, 2.05) is 67.6 Å². The van der Waals surface area contributed by atoms with Crippen LogP contribution >= 0.6 is 15.9 Å². The minimum atomic E-state index is -0.296. The smallest absolute Gasteiger partial charge is 0.271 e. The first-order valence-corrected chi connectivity index (χ1v) is 11.9. The van der Waals surface area contributed by atoms with Gasteiger partial charge in [-0.05, 0) is 65.2 Å². The number of hydrazone groups is 1. The van der Waals surface area contributed by atoms with Crippen LogP contribution in [0.15, 0.2) is 94.5 Å². The van der Waals surface area contributed by atoms with Crippen LogP contribution in [0.4, 0.5) is 0 Å². The first-order valence-electron chi connectivity index (χ1n) is 11.1. The SMILES string of the molecule is CCCOc1ccc(C(=O)N/N=C\c2c(OCc3ccc(Br)cc3)ccc3ccccc23)cc1. The lowest BCUT2D eigenvalue weighted by molar-refractivity contribution is 0.0955. The van der Waals surface area contributed by atoms with E-state index in [1.165, 1.54) is 0 Å². The van der Waals surface area contributed by atoms with Crippen molar-refractivity contribution in [1.29, 1.82) is 0 Å². The Morgan fingerprint density at radius 1 is 0.941 bits per heavy atom. The topological polar surface area (TPSA) is 59.9 Å². The van der Waals surface area contributed by atoms with Crippen molar-refractivity contribution in [2.45, 2.75) is 20.0 Å². The van der Waals surface area contributed by atoms with E-state index >= 15 is 0 Å². The Morgan fingerprint density at radius 3 is 2.47 bits per heavy atom. The molecule has 0 radical (unpaired) electrons. The van der Waals surface area contributed by atoms with Crippen LogP contribution in [0.2, 0.25) is 0 Å². The van der Waals surface area contributed by atoms with Crippen molar-refractivity contribution in [1.82, 2.24) is 5.43 Å². The van der Waals surface area contributed by atoms with Gasteiger partial charge in [-0.25, -0.2) is 5.43 Å². The summed E-state index contributed by atoms with van der Waals surface area (Å²) in [7, 11) is 0. The molecule has 0 unspecified atom stereocenters. The zero-order valence-corrected chi connectivity index (χ0v) is 20.4. The zero-order chi connectivity index (χ0) is 23.8. The fourth-order valence-corrected chi connectivity index (χ4v) is 3.68. The van der Waals surface area contributed by atoms with E-state index < -0.39 is 0 Å². The fourth-order valence-electron chi connectivity index (χ4n) is 3.42. The van der Waals surface area contributed by atoms with E-state index in [-0.39, 0.29) is 5.91 Å². The molecule has 0 heterocycles. The summed E-state index contributed by atoms with van der Waals surface area (Å²) in [4.78, 5) is 12.5. The number of hydrogen-bond acceptors (Lipinski definition) is 4. The lowest BCUT2D eigenvalue weighted by Gasteiger charge is -2.12. The number of hydrogen-bond donors (Lipinski definition) is 1. The van der Waals surface area contributed by atoms with Gasteiger partial charge in [-0.3, -0.25) is 4.79 Å². The van der Waals surface area contributed by atoms with Gasteiger partial charge in [0.1, 0.15) is 18.1 Å². The highest BCUT2D eigenvalue weighted by Gasteiger charge is 2.09. The molecule has 172 valence electrons. The number of amides is 1. The molecule has 0 aromatic heterocycles. The van der Waals surface area contributed by atoms with Crippen LogP contribution in [-0.2, 0) is 6.61 Å². The molecule has 0 saturated carbocycles. The summed E-state index contributed by atoms with van der Waals surface area (Å²) in [6.45, 7) is 3.12. The third-order valence-corrected chi connectivity index (χ3v) is 5.72. The highest BCUT2D eigenvalue weighted by molar-refractivity contribution is 9.10. The summed E-state index contributed by atoms with van der Waals surface area (Å²) in [6.07, 6.45) is 2.57. The molecule has 4 aromatic rings. The number of benzene rings is 4. The second kappa shape index (κ2) is 11.5. The Morgan fingerprint density at radius 2 is 1.71 bits per heavy atom. The predicted octanol–water partition coefficient (Wildman–Crippen LogP) is 6.73. The number of fused-ring (bicyclic) bond motifs is 1. The Kier molecular flexibility index (Phi) is 7.94. The van der Waals surface area contributed by atoms with Crippen LogP contribution in [0.5, 0.6) is 11.5 Å². The maximum atomic E-state index is 12.5. The van der Waals surface area contributed by atoms with Crippen LogP contribution in [-0.4, -0.2) is 18.7 Å². The van der Waals surface area contributed by atoms with Crippen molar-refractivity contribution in [3.63, 3.8) is 0 Å². The van der Waals surface area contributed by atoms with E-state index in [0.717, 1.165) is 38.5 Å².